The number of carbonyl (C=O) groups is 1. The van der Waals surface area contributed by atoms with Crippen molar-refractivity contribution < 1.29 is 4.79 Å². The van der Waals surface area contributed by atoms with Crippen molar-refractivity contribution in [3.63, 3.8) is 0 Å². The minimum absolute atomic E-state index is 0.0765. The van der Waals surface area contributed by atoms with Gasteiger partial charge < -0.3 is 5.32 Å². The maximum Gasteiger partial charge on any atom is 0.223 e. The average molecular weight is 407 g/mol. The Bertz CT molecular complexity index is 881. The van der Waals surface area contributed by atoms with E-state index in [1.807, 2.05) is 6.20 Å². The maximum atomic E-state index is 11.2. The van der Waals surface area contributed by atoms with Crippen molar-refractivity contribution in [2.24, 2.45) is 0 Å². The molecule has 1 N–H and O–H groups in total. The summed E-state index contributed by atoms with van der Waals surface area (Å²) in [6, 6.07) is 21.8. The smallest absolute Gasteiger partial charge is 0.223 e. The van der Waals surface area contributed by atoms with Gasteiger partial charge in [-0.15, -0.1) is 11.3 Å². The largest absolute Gasteiger partial charge is 0.302 e. The third kappa shape index (κ3) is 5.09. The molecule has 0 atom stereocenters. The first-order valence-corrected chi connectivity index (χ1v) is 10.8. The molecule has 1 fully saturated rings. The highest BCUT2D eigenvalue weighted by Crippen LogP contribution is 2.30. The quantitative estimate of drug-likeness (QED) is 0.672. The fraction of sp³-hybridized carbons (Fsp3) is 0.304. The van der Waals surface area contributed by atoms with Crippen LogP contribution < -0.4 is 5.32 Å². The molecule has 0 aliphatic carbocycles. The zero-order valence-corrected chi connectivity index (χ0v) is 17.4. The molecule has 2 heterocycles. The number of nitrogens with zero attached hydrogens (tertiary/aromatic N) is 3. The molecule has 0 unspecified atom stereocenters. The Labute approximate surface area is 176 Å². The van der Waals surface area contributed by atoms with Gasteiger partial charge in [0.25, 0.3) is 0 Å². The first-order chi connectivity index (χ1) is 14.2. The summed E-state index contributed by atoms with van der Waals surface area (Å²) in [5.41, 5.74) is 2.68. The summed E-state index contributed by atoms with van der Waals surface area (Å²) in [6.45, 7) is 6.47. The first-order valence-electron chi connectivity index (χ1n) is 9.97. The molecule has 1 aliphatic heterocycles. The second-order valence-corrected chi connectivity index (χ2v) is 8.46. The van der Waals surface area contributed by atoms with Gasteiger partial charge >= 0.3 is 0 Å². The predicted molar refractivity (Wildman–Crippen MR) is 118 cm³/mol. The van der Waals surface area contributed by atoms with Crippen LogP contribution in [0.15, 0.2) is 66.9 Å². The Balaban J connectivity index is 1.42. The van der Waals surface area contributed by atoms with E-state index < -0.39 is 0 Å². The Morgan fingerprint density at radius 1 is 1.00 bits per heavy atom. The molecule has 1 aliphatic rings. The Morgan fingerprint density at radius 3 is 2.14 bits per heavy atom. The third-order valence-electron chi connectivity index (χ3n) is 5.22. The molecule has 1 amide bonds. The van der Waals surface area contributed by atoms with Crippen molar-refractivity contribution in [2.45, 2.75) is 19.5 Å². The SMILES string of the molecule is CC(=O)Nc1ncc(CN2CCN(C(c3ccccc3)c3ccccc3)CC2)s1. The molecule has 29 heavy (non-hydrogen) atoms. The van der Waals surface area contributed by atoms with Gasteiger partial charge in [0.1, 0.15) is 0 Å². The van der Waals surface area contributed by atoms with Gasteiger partial charge in [-0.05, 0) is 11.1 Å². The molecule has 5 nitrogen and oxygen atoms in total. The van der Waals surface area contributed by atoms with Gasteiger partial charge in [0.2, 0.25) is 5.91 Å². The molecule has 6 heteroatoms. The number of hydrogen-bond acceptors (Lipinski definition) is 5. The second-order valence-electron chi connectivity index (χ2n) is 7.35. The van der Waals surface area contributed by atoms with Crippen LogP contribution in [0.3, 0.4) is 0 Å². The van der Waals surface area contributed by atoms with E-state index >= 15 is 0 Å². The molecule has 2 aromatic carbocycles. The third-order valence-corrected chi connectivity index (χ3v) is 6.12. The van der Waals surface area contributed by atoms with E-state index in [0.29, 0.717) is 5.13 Å². The van der Waals surface area contributed by atoms with Crippen LogP contribution in [-0.4, -0.2) is 46.9 Å². The van der Waals surface area contributed by atoms with Crippen LogP contribution in [-0.2, 0) is 11.3 Å². The molecular formula is C23H26N4OS. The topological polar surface area (TPSA) is 48.5 Å². The Morgan fingerprint density at radius 2 is 1.59 bits per heavy atom. The number of thiazole rings is 1. The van der Waals surface area contributed by atoms with Crippen molar-refractivity contribution in [3.8, 4) is 0 Å². The van der Waals surface area contributed by atoms with Crippen LogP contribution in [0.1, 0.15) is 29.0 Å². The number of rotatable bonds is 6. The lowest BCUT2D eigenvalue weighted by atomic mass is 9.96. The lowest BCUT2D eigenvalue weighted by Crippen LogP contribution is -2.47. The standard InChI is InChI=1S/C23H26N4OS/c1-18(28)25-23-24-16-21(29-23)17-26-12-14-27(15-13-26)22(19-8-4-2-5-9-19)20-10-6-3-7-11-20/h2-11,16,22H,12-15,17H2,1H3,(H,24,25,28). The summed E-state index contributed by atoms with van der Waals surface area (Å²) in [6.07, 6.45) is 1.87. The number of anilines is 1. The number of benzene rings is 2. The maximum absolute atomic E-state index is 11.2. The molecule has 0 bridgehead atoms. The van der Waals surface area contributed by atoms with E-state index in [0.717, 1.165) is 32.7 Å². The van der Waals surface area contributed by atoms with E-state index in [9.17, 15) is 4.79 Å². The van der Waals surface area contributed by atoms with Crippen LogP contribution in [0, 0.1) is 0 Å². The summed E-state index contributed by atoms with van der Waals surface area (Å²) in [5.74, 6) is -0.0765. The fourth-order valence-electron chi connectivity index (χ4n) is 3.87. The zero-order chi connectivity index (χ0) is 20.1. The summed E-state index contributed by atoms with van der Waals surface area (Å²) in [7, 11) is 0. The van der Waals surface area contributed by atoms with Crippen LogP contribution in [0.4, 0.5) is 5.13 Å². The van der Waals surface area contributed by atoms with Gasteiger partial charge in [-0.3, -0.25) is 14.6 Å². The molecule has 4 rings (SSSR count). The van der Waals surface area contributed by atoms with E-state index in [4.69, 9.17) is 0 Å². The van der Waals surface area contributed by atoms with Crippen LogP contribution >= 0.6 is 11.3 Å². The van der Waals surface area contributed by atoms with Crippen LogP contribution in [0.2, 0.25) is 0 Å². The molecule has 0 radical (unpaired) electrons. The van der Waals surface area contributed by atoms with Gasteiger partial charge in [0.15, 0.2) is 5.13 Å². The first kappa shape index (κ1) is 19.8. The van der Waals surface area contributed by atoms with Gasteiger partial charge in [-0.2, -0.15) is 0 Å². The Hall–Kier alpha value is -2.54. The van der Waals surface area contributed by atoms with Crippen molar-refractivity contribution in [1.82, 2.24) is 14.8 Å². The molecule has 3 aromatic rings. The highest BCUT2D eigenvalue weighted by Gasteiger charge is 2.26. The second kappa shape index (κ2) is 9.31. The van der Waals surface area contributed by atoms with E-state index in [1.54, 1.807) is 11.3 Å². The fourth-order valence-corrected chi connectivity index (χ4v) is 4.77. The lowest BCUT2D eigenvalue weighted by Gasteiger charge is -2.39. The van der Waals surface area contributed by atoms with Gasteiger partial charge in [-0.1, -0.05) is 60.7 Å². The summed E-state index contributed by atoms with van der Waals surface area (Å²) >= 11 is 1.56. The van der Waals surface area contributed by atoms with Crippen molar-refractivity contribution in [3.05, 3.63) is 82.9 Å². The molecule has 150 valence electrons. The molecule has 1 saturated heterocycles. The average Bonchev–Trinajstić information content (AvgIpc) is 3.17. The van der Waals surface area contributed by atoms with Crippen molar-refractivity contribution >= 4 is 22.4 Å². The van der Waals surface area contributed by atoms with E-state index in [2.05, 4.69) is 80.8 Å². The van der Waals surface area contributed by atoms with Crippen molar-refractivity contribution in [1.29, 1.82) is 0 Å². The lowest BCUT2D eigenvalue weighted by molar-refractivity contribution is -0.114. The van der Waals surface area contributed by atoms with Crippen molar-refractivity contribution in [2.75, 3.05) is 31.5 Å². The van der Waals surface area contributed by atoms with Crippen LogP contribution in [0.25, 0.3) is 0 Å². The predicted octanol–water partition coefficient (Wildman–Crippen LogP) is 4.01. The highest BCUT2D eigenvalue weighted by molar-refractivity contribution is 7.15. The number of aromatic nitrogens is 1. The number of carbonyl (C=O) groups excluding carboxylic acids is 1. The summed E-state index contributed by atoms with van der Waals surface area (Å²) in [4.78, 5) is 21.7. The normalized spacial score (nSPS) is 15.5. The van der Waals surface area contributed by atoms with Gasteiger partial charge in [0, 0.05) is 50.7 Å². The summed E-state index contributed by atoms with van der Waals surface area (Å²) in [5, 5.41) is 3.44. The van der Waals surface area contributed by atoms with Crippen LogP contribution in [0.5, 0.6) is 0 Å². The zero-order valence-electron chi connectivity index (χ0n) is 16.6. The van der Waals surface area contributed by atoms with E-state index in [-0.39, 0.29) is 11.9 Å². The number of piperazine rings is 1. The number of amides is 1. The minimum atomic E-state index is -0.0765. The monoisotopic (exact) mass is 406 g/mol. The van der Waals surface area contributed by atoms with E-state index in [1.165, 1.54) is 22.9 Å². The van der Waals surface area contributed by atoms with Gasteiger partial charge in [-0.25, -0.2) is 4.98 Å². The molecule has 0 saturated carbocycles. The minimum Gasteiger partial charge on any atom is -0.302 e. The molecule has 1 aromatic heterocycles. The number of hydrogen-bond donors (Lipinski definition) is 1. The highest BCUT2D eigenvalue weighted by atomic mass is 32.1. The molecule has 0 spiro atoms. The summed E-state index contributed by atoms with van der Waals surface area (Å²) < 4.78 is 0. The molecular weight excluding hydrogens is 380 g/mol. The Kier molecular flexibility index (Phi) is 6.34. The van der Waals surface area contributed by atoms with Gasteiger partial charge in [0.05, 0.1) is 6.04 Å². The number of nitrogens with one attached hydrogen (secondary N) is 1.